The van der Waals surface area contributed by atoms with E-state index >= 15 is 0 Å². The minimum absolute atomic E-state index is 0.0666. The first-order valence-corrected chi connectivity index (χ1v) is 8.64. The maximum absolute atomic E-state index is 13.7. The number of carbonyl (C=O) groups excluding carboxylic acids is 1. The van der Waals surface area contributed by atoms with Crippen molar-refractivity contribution in [2.24, 2.45) is 0 Å². The van der Waals surface area contributed by atoms with Crippen LogP contribution in [0.5, 0.6) is 0 Å². The second kappa shape index (κ2) is 7.59. The third kappa shape index (κ3) is 4.21. The van der Waals surface area contributed by atoms with E-state index < -0.39 is 5.82 Å². The van der Waals surface area contributed by atoms with Crippen LogP contribution < -0.4 is 5.32 Å². The third-order valence-corrected chi connectivity index (χ3v) is 4.30. The highest BCUT2D eigenvalue weighted by molar-refractivity contribution is 9.10. The molecule has 1 N–H and O–H groups in total. The van der Waals surface area contributed by atoms with Gasteiger partial charge < -0.3 is 9.73 Å². The standard InChI is InChI=1S/C16H11BrFN3O2S/c17-10-3-4-12(11(18)8-10)20-15(22)9-24-16-19-6-5-13(21-16)14-2-1-7-23-14/h1-8H,9H2,(H,20,22). The van der Waals surface area contributed by atoms with Gasteiger partial charge in [-0.3, -0.25) is 4.79 Å². The average Bonchev–Trinajstić information content (AvgIpc) is 3.10. The number of amides is 1. The highest BCUT2D eigenvalue weighted by atomic mass is 79.9. The number of hydrogen-bond acceptors (Lipinski definition) is 5. The Kier molecular flexibility index (Phi) is 5.27. The van der Waals surface area contributed by atoms with Crippen molar-refractivity contribution in [3.05, 3.63) is 59.1 Å². The van der Waals surface area contributed by atoms with Gasteiger partial charge in [-0.2, -0.15) is 0 Å². The number of halogens is 2. The summed E-state index contributed by atoms with van der Waals surface area (Å²) < 4.78 is 19.6. The third-order valence-electron chi connectivity index (χ3n) is 2.94. The minimum atomic E-state index is -0.501. The first kappa shape index (κ1) is 16.7. The van der Waals surface area contributed by atoms with E-state index in [0.717, 1.165) is 11.8 Å². The summed E-state index contributed by atoms with van der Waals surface area (Å²) in [6, 6.07) is 9.72. The Morgan fingerprint density at radius 1 is 1.33 bits per heavy atom. The second-order valence-corrected chi connectivity index (χ2v) is 6.52. The molecule has 3 aromatic rings. The Bertz CT molecular complexity index is 858. The summed E-state index contributed by atoms with van der Waals surface area (Å²) in [6.45, 7) is 0. The monoisotopic (exact) mass is 407 g/mol. The van der Waals surface area contributed by atoms with Gasteiger partial charge in [0.1, 0.15) is 11.5 Å². The summed E-state index contributed by atoms with van der Waals surface area (Å²) in [6.07, 6.45) is 3.16. The van der Waals surface area contributed by atoms with Crippen LogP contribution in [0.2, 0.25) is 0 Å². The van der Waals surface area contributed by atoms with Crippen LogP contribution in [0.4, 0.5) is 10.1 Å². The van der Waals surface area contributed by atoms with Gasteiger partial charge in [0, 0.05) is 10.7 Å². The quantitative estimate of drug-likeness (QED) is 0.502. The van der Waals surface area contributed by atoms with Crippen LogP contribution in [0, 0.1) is 5.82 Å². The number of benzene rings is 1. The number of thioether (sulfide) groups is 1. The second-order valence-electron chi connectivity index (χ2n) is 4.66. The van der Waals surface area contributed by atoms with Gasteiger partial charge >= 0.3 is 0 Å². The topological polar surface area (TPSA) is 68.0 Å². The number of aromatic nitrogens is 2. The lowest BCUT2D eigenvalue weighted by Crippen LogP contribution is -2.15. The van der Waals surface area contributed by atoms with E-state index in [-0.39, 0.29) is 17.3 Å². The van der Waals surface area contributed by atoms with Crippen molar-refractivity contribution in [3.63, 3.8) is 0 Å². The van der Waals surface area contributed by atoms with Gasteiger partial charge in [0.15, 0.2) is 10.9 Å². The van der Waals surface area contributed by atoms with E-state index in [9.17, 15) is 9.18 Å². The highest BCUT2D eigenvalue weighted by Crippen LogP contribution is 2.22. The van der Waals surface area contributed by atoms with Crippen LogP contribution in [0.3, 0.4) is 0 Å². The molecular weight excluding hydrogens is 397 g/mol. The predicted molar refractivity (Wildman–Crippen MR) is 93.2 cm³/mol. The maximum Gasteiger partial charge on any atom is 0.234 e. The minimum Gasteiger partial charge on any atom is -0.463 e. The van der Waals surface area contributed by atoms with Crippen LogP contribution in [0.1, 0.15) is 0 Å². The van der Waals surface area contributed by atoms with E-state index in [2.05, 4.69) is 31.2 Å². The van der Waals surface area contributed by atoms with Gasteiger partial charge in [-0.05, 0) is 36.4 Å². The van der Waals surface area contributed by atoms with Crippen molar-refractivity contribution in [1.29, 1.82) is 0 Å². The highest BCUT2D eigenvalue weighted by Gasteiger charge is 2.10. The molecule has 2 aromatic heterocycles. The summed E-state index contributed by atoms with van der Waals surface area (Å²) >= 11 is 4.33. The number of nitrogens with zero attached hydrogens (tertiary/aromatic N) is 2. The molecule has 0 saturated carbocycles. The number of rotatable bonds is 5. The zero-order valence-electron chi connectivity index (χ0n) is 12.2. The number of carbonyl (C=O) groups is 1. The van der Waals surface area contributed by atoms with Gasteiger partial charge in [-0.25, -0.2) is 14.4 Å². The summed E-state index contributed by atoms with van der Waals surface area (Å²) in [7, 11) is 0. The van der Waals surface area contributed by atoms with Crippen molar-refractivity contribution in [1.82, 2.24) is 9.97 Å². The summed E-state index contributed by atoms with van der Waals surface area (Å²) in [5, 5.41) is 2.96. The molecule has 1 aromatic carbocycles. The molecule has 0 aliphatic rings. The molecule has 24 heavy (non-hydrogen) atoms. The van der Waals surface area contributed by atoms with E-state index in [1.165, 1.54) is 12.1 Å². The molecule has 0 bridgehead atoms. The molecule has 122 valence electrons. The Hall–Kier alpha value is -2.19. The molecule has 8 heteroatoms. The SMILES string of the molecule is O=C(CSc1nccc(-c2ccco2)n1)Nc1ccc(Br)cc1F. The van der Waals surface area contributed by atoms with E-state index in [1.807, 2.05) is 0 Å². The zero-order chi connectivity index (χ0) is 16.9. The largest absolute Gasteiger partial charge is 0.463 e. The van der Waals surface area contributed by atoms with Crippen LogP contribution in [0.25, 0.3) is 11.5 Å². The molecule has 0 aliphatic carbocycles. The van der Waals surface area contributed by atoms with E-state index in [4.69, 9.17) is 4.42 Å². The fourth-order valence-electron chi connectivity index (χ4n) is 1.88. The normalized spacial score (nSPS) is 10.6. The average molecular weight is 408 g/mol. The zero-order valence-corrected chi connectivity index (χ0v) is 14.6. The molecule has 1 amide bonds. The Labute approximate surface area is 149 Å². The van der Waals surface area contributed by atoms with Crippen LogP contribution in [-0.2, 0) is 4.79 Å². The van der Waals surface area contributed by atoms with Crippen molar-refractivity contribution in [3.8, 4) is 11.5 Å². The molecule has 0 unspecified atom stereocenters. The molecule has 0 saturated heterocycles. The van der Waals surface area contributed by atoms with Gasteiger partial charge in [0.05, 0.1) is 17.7 Å². The van der Waals surface area contributed by atoms with Gasteiger partial charge in [-0.15, -0.1) is 0 Å². The van der Waals surface area contributed by atoms with Crippen LogP contribution >= 0.6 is 27.7 Å². The van der Waals surface area contributed by atoms with E-state index in [1.54, 1.807) is 36.7 Å². The summed E-state index contributed by atoms with van der Waals surface area (Å²) in [5.74, 6) is -0.149. The van der Waals surface area contributed by atoms with Crippen LogP contribution in [-0.4, -0.2) is 21.6 Å². The number of furan rings is 1. The fourth-order valence-corrected chi connectivity index (χ4v) is 2.84. The molecular formula is C16H11BrFN3O2S. The lowest BCUT2D eigenvalue weighted by Gasteiger charge is -2.06. The van der Waals surface area contributed by atoms with Crippen LogP contribution in [0.15, 0.2) is 62.9 Å². The van der Waals surface area contributed by atoms with Gasteiger partial charge in [0.2, 0.25) is 5.91 Å². The maximum atomic E-state index is 13.7. The number of nitrogens with one attached hydrogen (secondary N) is 1. The summed E-state index contributed by atoms with van der Waals surface area (Å²) in [4.78, 5) is 20.4. The first-order chi connectivity index (χ1) is 11.6. The fraction of sp³-hybridized carbons (Fsp3) is 0.0625. The van der Waals surface area contributed by atoms with Crippen molar-refractivity contribution in [2.75, 3.05) is 11.1 Å². The Morgan fingerprint density at radius 2 is 2.21 bits per heavy atom. The molecule has 0 atom stereocenters. The Balaban J connectivity index is 1.61. The predicted octanol–water partition coefficient (Wildman–Crippen LogP) is 4.37. The first-order valence-electron chi connectivity index (χ1n) is 6.86. The van der Waals surface area contributed by atoms with Crippen molar-refractivity contribution >= 4 is 39.3 Å². The number of anilines is 1. The van der Waals surface area contributed by atoms with Gasteiger partial charge in [0.25, 0.3) is 0 Å². The smallest absolute Gasteiger partial charge is 0.234 e. The van der Waals surface area contributed by atoms with Crippen molar-refractivity contribution in [2.45, 2.75) is 5.16 Å². The summed E-state index contributed by atoms with van der Waals surface area (Å²) in [5.41, 5.74) is 0.769. The molecule has 0 fully saturated rings. The number of hydrogen-bond donors (Lipinski definition) is 1. The molecule has 2 heterocycles. The van der Waals surface area contributed by atoms with E-state index in [0.29, 0.717) is 21.1 Å². The molecule has 5 nitrogen and oxygen atoms in total. The molecule has 0 spiro atoms. The molecule has 0 aliphatic heterocycles. The van der Waals surface area contributed by atoms with Crippen molar-refractivity contribution < 1.29 is 13.6 Å². The molecule has 3 rings (SSSR count). The van der Waals surface area contributed by atoms with Gasteiger partial charge in [-0.1, -0.05) is 27.7 Å². The lowest BCUT2D eigenvalue weighted by atomic mass is 10.3. The molecule has 0 radical (unpaired) electrons. The Morgan fingerprint density at radius 3 is 2.96 bits per heavy atom. The lowest BCUT2D eigenvalue weighted by molar-refractivity contribution is -0.113.